The van der Waals surface area contributed by atoms with E-state index in [0.29, 0.717) is 5.02 Å². The molecular weight excluding hydrogens is 367 g/mol. The van der Waals surface area contributed by atoms with Gasteiger partial charge in [-0.25, -0.2) is 12.8 Å². The van der Waals surface area contributed by atoms with Crippen molar-refractivity contribution < 1.29 is 17.6 Å². The second-order valence-corrected chi connectivity index (χ2v) is 8.04. The van der Waals surface area contributed by atoms with Crippen LogP contribution in [0.2, 0.25) is 5.02 Å². The number of likely N-dealkylation sites (N-methyl/N-ethyl adjacent to an activating group) is 1. The lowest BCUT2D eigenvalue weighted by Crippen LogP contribution is -2.39. The van der Waals surface area contributed by atoms with Gasteiger partial charge in [-0.1, -0.05) is 23.7 Å². The van der Waals surface area contributed by atoms with Crippen LogP contribution in [0.15, 0.2) is 53.4 Å². The fourth-order valence-corrected chi connectivity index (χ4v) is 3.45. The molecule has 2 aromatic carbocycles. The third-order valence-corrected chi connectivity index (χ3v) is 5.71. The fraction of sp³-hybridized carbons (Fsp3) is 0.235. The first kappa shape index (κ1) is 19.4. The molecule has 0 radical (unpaired) electrons. The average molecular weight is 385 g/mol. The van der Waals surface area contributed by atoms with Gasteiger partial charge >= 0.3 is 0 Å². The third kappa shape index (κ3) is 5.01. The molecule has 0 spiro atoms. The zero-order valence-corrected chi connectivity index (χ0v) is 15.3. The Labute approximate surface area is 151 Å². The molecule has 8 heteroatoms. The number of nitrogens with one attached hydrogen (secondary N) is 1. The minimum absolute atomic E-state index is 0.0544. The number of rotatable bonds is 6. The first-order chi connectivity index (χ1) is 11.7. The lowest BCUT2D eigenvalue weighted by molar-refractivity contribution is -0.121. The predicted molar refractivity (Wildman–Crippen MR) is 94.2 cm³/mol. The van der Waals surface area contributed by atoms with Gasteiger partial charge in [0.15, 0.2) is 0 Å². The van der Waals surface area contributed by atoms with Crippen LogP contribution in [0.5, 0.6) is 0 Å². The first-order valence-electron chi connectivity index (χ1n) is 7.47. The number of hydrogen-bond donors (Lipinski definition) is 1. The molecule has 0 saturated heterocycles. The normalized spacial score (nSPS) is 12.8. The molecule has 2 aromatic rings. The Morgan fingerprint density at radius 1 is 1.16 bits per heavy atom. The van der Waals surface area contributed by atoms with E-state index in [4.69, 9.17) is 11.6 Å². The highest BCUT2D eigenvalue weighted by Gasteiger charge is 2.23. The minimum atomic E-state index is -3.79. The second-order valence-electron chi connectivity index (χ2n) is 5.56. The summed E-state index contributed by atoms with van der Waals surface area (Å²) in [5.41, 5.74) is 0.720. The van der Waals surface area contributed by atoms with Crippen LogP contribution < -0.4 is 5.32 Å². The maximum atomic E-state index is 12.9. The van der Waals surface area contributed by atoms with Gasteiger partial charge in [0.25, 0.3) is 0 Å². The molecule has 25 heavy (non-hydrogen) atoms. The Bertz CT molecular complexity index is 839. The third-order valence-electron chi connectivity index (χ3n) is 3.64. The van der Waals surface area contributed by atoms with Crippen LogP contribution >= 0.6 is 11.6 Å². The van der Waals surface area contributed by atoms with Crippen molar-refractivity contribution in [3.8, 4) is 0 Å². The predicted octanol–water partition coefficient (Wildman–Crippen LogP) is 2.98. The summed E-state index contributed by atoms with van der Waals surface area (Å²) in [6.07, 6.45) is 0. The Morgan fingerprint density at radius 3 is 2.28 bits per heavy atom. The molecule has 0 saturated carbocycles. The Balaban J connectivity index is 2.01. The van der Waals surface area contributed by atoms with Gasteiger partial charge in [-0.05, 0) is 48.9 Å². The van der Waals surface area contributed by atoms with Crippen LogP contribution in [-0.2, 0) is 14.8 Å². The first-order valence-corrected chi connectivity index (χ1v) is 9.28. The summed E-state index contributed by atoms with van der Waals surface area (Å²) in [5, 5.41) is 3.11. The van der Waals surface area contributed by atoms with Crippen molar-refractivity contribution in [1.82, 2.24) is 9.62 Å². The molecular formula is C17H18ClFN2O3S. The lowest BCUT2D eigenvalue weighted by Gasteiger charge is -2.19. The highest BCUT2D eigenvalue weighted by molar-refractivity contribution is 7.89. The zero-order chi connectivity index (χ0) is 18.6. The number of amides is 1. The van der Waals surface area contributed by atoms with Crippen LogP contribution in [0.3, 0.4) is 0 Å². The van der Waals surface area contributed by atoms with Crippen molar-refractivity contribution in [3.63, 3.8) is 0 Å². The largest absolute Gasteiger partial charge is 0.348 e. The monoisotopic (exact) mass is 384 g/mol. The maximum absolute atomic E-state index is 12.9. The summed E-state index contributed by atoms with van der Waals surface area (Å²) in [4.78, 5) is 12.2. The second kappa shape index (κ2) is 7.95. The molecule has 0 fully saturated rings. The van der Waals surface area contributed by atoms with Crippen LogP contribution in [0.1, 0.15) is 18.5 Å². The molecule has 0 aromatic heterocycles. The van der Waals surface area contributed by atoms with Crippen LogP contribution in [-0.4, -0.2) is 32.2 Å². The van der Waals surface area contributed by atoms with Gasteiger partial charge in [0.05, 0.1) is 17.5 Å². The van der Waals surface area contributed by atoms with E-state index in [1.54, 1.807) is 19.1 Å². The van der Waals surface area contributed by atoms with Crippen molar-refractivity contribution in [3.05, 3.63) is 64.9 Å². The maximum Gasteiger partial charge on any atom is 0.243 e. The van der Waals surface area contributed by atoms with E-state index < -0.39 is 15.9 Å². The highest BCUT2D eigenvalue weighted by atomic mass is 35.5. The van der Waals surface area contributed by atoms with Gasteiger partial charge in [0, 0.05) is 12.1 Å². The molecule has 0 aliphatic carbocycles. The van der Waals surface area contributed by atoms with Crippen molar-refractivity contribution in [1.29, 1.82) is 0 Å². The van der Waals surface area contributed by atoms with E-state index in [0.717, 1.165) is 9.87 Å². The summed E-state index contributed by atoms with van der Waals surface area (Å²) in [6.45, 7) is 1.40. The number of carbonyl (C=O) groups excluding carboxylic acids is 1. The molecule has 1 amide bonds. The summed E-state index contributed by atoms with van der Waals surface area (Å²) in [5.74, 6) is -0.826. The average Bonchev–Trinajstić information content (AvgIpc) is 2.55. The van der Waals surface area contributed by atoms with E-state index >= 15 is 0 Å². The number of sulfonamides is 1. The number of carbonyl (C=O) groups is 1. The number of nitrogens with zero attached hydrogens (tertiary/aromatic N) is 1. The Kier molecular flexibility index (Phi) is 6.16. The molecule has 0 bridgehead atoms. The Morgan fingerprint density at radius 2 is 1.72 bits per heavy atom. The van der Waals surface area contributed by atoms with Crippen LogP contribution in [0.25, 0.3) is 0 Å². The summed E-state index contributed by atoms with van der Waals surface area (Å²) in [7, 11) is -2.47. The molecule has 0 aliphatic heterocycles. The fourth-order valence-electron chi connectivity index (χ4n) is 2.20. The van der Waals surface area contributed by atoms with Gasteiger partial charge < -0.3 is 5.32 Å². The molecule has 1 atom stereocenters. The van der Waals surface area contributed by atoms with Gasteiger partial charge in [-0.2, -0.15) is 4.31 Å². The van der Waals surface area contributed by atoms with Crippen molar-refractivity contribution >= 4 is 27.5 Å². The molecule has 0 unspecified atom stereocenters. The van der Waals surface area contributed by atoms with Crippen LogP contribution in [0.4, 0.5) is 4.39 Å². The quantitative estimate of drug-likeness (QED) is 0.832. The van der Waals surface area contributed by atoms with E-state index in [1.165, 1.54) is 43.4 Å². The van der Waals surface area contributed by atoms with Gasteiger partial charge in [0.2, 0.25) is 15.9 Å². The molecule has 0 heterocycles. The van der Waals surface area contributed by atoms with E-state index in [-0.39, 0.29) is 23.3 Å². The van der Waals surface area contributed by atoms with Gasteiger partial charge in [0.1, 0.15) is 5.82 Å². The van der Waals surface area contributed by atoms with E-state index in [2.05, 4.69) is 5.32 Å². The van der Waals surface area contributed by atoms with Crippen molar-refractivity contribution in [2.45, 2.75) is 17.9 Å². The smallest absolute Gasteiger partial charge is 0.243 e. The van der Waals surface area contributed by atoms with Crippen molar-refractivity contribution in [2.75, 3.05) is 13.6 Å². The molecule has 1 N–H and O–H groups in total. The standard InChI is InChI=1S/C17H18ClFN2O3S/c1-12(13-3-7-15(19)8-4-13)20-17(22)11-21(2)25(23,24)16-9-5-14(18)6-10-16/h3-10,12H,11H2,1-2H3,(H,20,22)/t12-/m0/s1. The zero-order valence-electron chi connectivity index (χ0n) is 13.7. The minimum Gasteiger partial charge on any atom is -0.348 e. The molecule has 2 rings (SSSR count). The number of halogens is 2. The summed E-state index contributed by atoms with van der Waals surface area (Å²) in [6, 6.07) is 11.1. The SMILES string of the molecule is C[C@H](NC(=O)CN(C)S(=O)(=O)c1ccc(Cl)cc1)c1ccc(F)cc1. The number of benzene rings is 2. The molecule has 0 aliphatic rings. The Hall–Kier alpha value is -1.96. The lowest BCUT2D eigenvalue weighted by atomic mass is 10.1. The van der Waals surface area contributed by atoms with Crippen LogP contribution in [0, 0.1) is 5.82 Å². The van der Waals surface area contributed by atoms with Gasteiger partial charge in [-0.15, -0.1) is 0 Å². The van der Waals surface area contributed by atoms with Gasteiger partial charge in [-0.3, -0.25) is 4.79 Å². The highest BCUT2D eigenvalue weighted by Crippen LogP contribution is 2.18. The topological polar surface area (TPSA) is 66.5 Å². The van der Waals surface area contributed by atoms with E-state index in [9.17, 15) is 17.6 Å². The summed E-state index contributed by atoms with van der Waals surface area (Å²) >= 11 is 5.75. The van der Waals surface area contributed by atoms with E-state index in [1.807, 2.05) is 0 Å². The summed E-state index contributed by atoms with van der Waals surface area (Å²) < 4.78 is 38.8. The molecule has 5 nitrogen and oxygen atoms in total. The number of hydrogen-bond acceptors (Lipinski definition) is 3. The van der Waals surface area contributed by atoms with Crippen molar-refractivity contribution in [2.24, 2.45) is 0 Å². The molecule has 134 valence electrons.